The van der Waals surface area contributed by atoms with Crippen molar-refractivity contribution in [2.45, 2.75) is 73.8 Å². The molecule has 1 N–H and O–H groups in total. The lowest BCUT2D eigenvalue weighted by molar-refractivity contribution is 0.101. The van der Waals surface area contributed by atoms with Crippen molar-refractivity contribution in [2.24, 2.45) is 10.4 Å². The van der Waals surface area contributed by atoms with Crippen LogP contribution in [0.2, 0.25) is 0 Å². The van der Waals surface area contributed by atoms with E-state index in [1.54, 1.807) is 25.6 Å². The molecule has 7 nitrogen and oxygen atoms in total. The zero-order chi connectivity index (χ0) is 28.2. The molecule has 1 aliphatic rings. The number of methoxy groups -OCH3 is 1. The van der Waals surface area contributed by atoms with Crippen LogP contribution in [-0.4, -0.2) is 47.6 Å². The number of nitrogens with zero attached hydrogens (tertiary/aromatic N) is 3. The van der Waals surface area contributed by atoms with Gasteiger partial charge in [-0.1, -0.05) is 40.7 Å². The third-order valence-electron chi connectivity index (χ3n) is 7.14. The number of ketones is 1. The van der Waals surface area contributed by atoms with E-state index >= 15 is 0 Å². The summed E-state index contributed by atoms with van der Waals surface area (Å²) in [5, 5.41) is 8.49. The summed E-state index contributed by atoms with van der Waals surface area (Å²) in [5.74, 6) is 0.695. The van der Waals surface area contributed by atoms with Crippen molar-refractivity contribution in [1.29, 1.82) is 5.41 Å². The number of rotatable bonds is 8. The van der Waals surface area contributed by atoms with Crippen LogP contribution in [0, 0.1) is 10.8 Å². The Morgan fingerprint density at radius 1 is 1.18 bits per heavy atom. The van der Waals surface area contributed by atoms with E-state index in [0.29, 0.717) is 5.75 Å². The van der Waals surface area contributed by atoms with Crippen LogP contribution in [0.1, 0.15) is 88.8 Å². The van der Waals surface area contributed by atoms with Gasteiger partial charge in [0, 0.05) is 48.7 Å². The number of pyridine rings is 1. The van der Waals surface area contributed by atoms with Gasteiger partial charge in [-0.05, 0) is 61.8 Å². The molecule has 2 heterocycles. The maximum atomic E-state index is 12.9. The van der Waals surface area contributed by atoms with Gasteiger partial charge >= 0.3 is 0 Å². The molecule has 2 aromatic rings. The summed E-state index contributed by atoms with van der Waals surface area (Å²) in [6, 6.07) is 5.74. The van der Waals surface area contributed by atoms with Gasteiger partial charge in [-0.2, -0.15) is 0 Å². The van der Waals surface area contributed by atoms with Gasteiger partial charge < -0.3 is 14.2 Å². The van der Waals surface area contributed by atoms with Crippen molar-refractivity contribution in [1.82, 2.24) is 9.47 Å². The number of Topliss-reactive ketones (excluding diaryl/α,β-unsaturated/α-hetero) is 1. The van der Waals surface area contributed by atoms with Crippen LogP contribution in [0.25, 0.3) is 16.8 Å². The lowest BCUT2D eigenvalue weighted by Crippen LogP contribution is -2.32. The Bertz CT molecular complexity index is 1320. The number of benzene rings is 1. The molecule has 1 unspecified atom stereocenters. The molecular formula is C31H42N4O3. The highest BCUT2D eigenvalue weighted by molar-refractivity contribution is 6.14. The highest BCUT2D eigenvalue weighted by atomic mass is 16.5. The number of ether oxygens (including phenoxy) is 1. The minimum Gasteiger partial charge on any atom is -0.496 e. The maximum Gasteiger partial charge on any atom is 0.217 e. The maximum absolute atomic E-state index is 12.9. The first-order chi connectivity index (χ1) is 18.0. The highest BCUT2D eigenvalue weighted by Gasteiger charge is 2.34. The Kier molecular flexibility index (Phi) is 9.13. The fourth-order valence-corrected chi connectivity index (χ4v) is 5.12. The van der Waals surface area contributed by atoms with E-state index in [1.165, 1.54) is 6.92 Å². The molecule has 0 saturated carbocycles. The number of fused-ring (bicyclic) bond motifs is 3. The van der Waals surface area contributed by atoms with E-state index in [0.717, 1.165) is 60.3 Å². The summed E-state index contributed by atoms with van der Waals surface area (Å²) < 4.78 is 7.91. The zero-order valence-corrected chi connectivity index (χ0v) is 24.1. The van der Waals surface area contributed by atoms with Gasteiger partial charge in [-0.15, -0.1) is 0 Å². The molecule has 38 heavy (non-hydrogen) atoms. The van der Waals surface area contributed by atoms with E-state index < -0.39 is 0 Å². The van der Waals surface area contributed by atoms with E-state index in [9.17, 15) is 9.59 Å². The number of aliphatic imine (C=N–C) groups is 1. The van der Waals surface area contributed by atoms with Crippen molar-refractivity contribution >= 4 is 23.5 Å². The number of carbonyl (C=O) groups excluding carboxylic acids is 1. The standard InChI is InChI=1S/C31H42N4O3/c1-9-12-34(13-10-2)30(32)33-18-21(11-3)24-14-22-15-29(31(5,6)7)35-19-25(20(4)36)27(37)17-26(35)23(22)16-28(24)38-8/h11,14,16-19,29,32H,9-10,12-13,15H2,1-8H3/b21-11+,32-30?,33-18-. The number of aromatic nitrogens is 1. The van der Waals surface area contributed by atoms with Gasteiger partial charge in [-0.25, -0.2) is 4.99 Å². The second-order valence-electron chi connectivity index (χ2n) is 11.0. The Labute approximate surface area is 226 Å². The molecule has 0 saturated heterocycles. The molecule has 204 valence electrons. The molecule has 1 aromatic heterocycles. The monoisotopic (exact) mass is 518 g/mol. The second kappa shape index (κ2) is 11.9. The molecule has 0 fully saturated rings. The lowest BCUT2D eigenvalue weighted by atomic mass is 9.78. The first-order valence-electron chi connectivity index (χ1n) is 13.5. The van der Waals surface area contributed by atoms with Crippen LogP contribution in [0.5, 0.6) is 5.75 Å². The minimum absolute atomic E-state index is 0.0532. The SMILES string of the molecule is C/C=C(\C=N/C(=N)N(CCC)CCC)c1cc2c(cc1OC)-c1cc(=O)c(C(C)=O)cn1C(C(C)(C)C)C2. The molecule has 0 bridgehead atoms. The largest absolute Gasteiger partial charge is 0.496 e. The number of hydrogen-bond acceptors (Lipinski definition) is 4. The number of allylic oxidation sites excluding steroid dienone is 2. The first kappa shape index (κ1) is 29.1. The van der Waals surface area contributed by atoms with Crippen LogP contribution >= 0.6 is 0 Å². The predicted octanol–water partition coefficient (Wildman–Crippen LogP) is 6.40. The molecule has 0 aliphatic carbocycles. The van der Waals surface area contributed by atoms with Gasteiger partial charge in [0.15, 0.2) is 11.2 Å². The Morgan fingerprint density at radius 2 is 1.84 bits per heavy atom. The molecule has 7 heteroatoms. The van der Waals surface area contributed by atoms with Crippen molar-refractivity contribution in [3.63, 3.8) is 0 Å². The Hall–Kier alpha value is -3.48. The fourth-order valence-electron chi connectivity index (χ4n) is 5.12. The normalized spacial score (nSPS) is 15.3. The van der Waals surface area contributed by atoms with Crippen molar-refractivity contribution in [3.05, 3.63) is 57.4 Å². The van der Waals surface area contributed by atoms with Gasteiger partial charge in [0.2, 0.25) is 5.96 Å². The highest BCUT2D eigenvalue weighted by Crippen LogP contribution is 2.45. The van der Waals surface area contributed by atoms with Gasteiger partial charge in [-0.3, -0.25) is 15.0 Å². The van der Waals surface area contributed by atoms with Crippen molar-refractivity contribution < 1.29 is 9.53 Å². The molecular weight excluding hydrogens is 476 g/mol. The molecule has 0 spiro atoms. The average molecular weight is 519 g/mol. The summed E-state index contributed by atoms with van der Waals surface area (Å²) >= 11 is 0. The third kappa shape index (κ3) is 5.98. The number of hydrogen-bond donors (Lipinski definition) is 1. The van der Waals surface area contributed by atoms with Crippen LogP contribution in [0.4, 0.5) is 0 Å². The first-order valence-corrected chi connectivity index (χ1v) is 13.5. The topological polar surface area (TPSA) is 87.8 Å². The van der Waals surface area contributed by atoms with Gasteiger partial charge in [0.05, 0.1) is 18.4 Å². The Balaban J connectivity index is 2.14. The summed E-state index contributed by atoms with van der Waals surface area (Å²) in [6.45, 7) is 15.7. The average Bonchev–Trinajstić information content (AvgIpc) is 2.86. The Morgan fingerprint density at radius 3 is 2.37 bits per heavy atom. The molecule has 1 aliphatic heterocycles. The summed E-state index contributed by atoms with van der Waals surface area (Å²) in [4.78, 5) is 31.5. The number of nitrogens with one attached hydrogen (secondary N) is 1. The number of guanidine groups is 1. The van der Waals surface area contributed by atoms with Crippen LogP contribution in [-0.2, 0) is 6.42 Å². The van der Waals surface area contributed by atoms with Crippen molar-refractivity contribution in [3.8, 4) is 17.0 Å². The molecule has 3 rings (SSSR count). The predicted molar refractivity (Wildman–Crippen MR) is 157 cm³/mol. The minimum atomic E-state index is -0.268. The van der Waals surface area contributed by atoms with Gasteiger partial charge in [0.1, 0.15) is 5.75 Å². The zero-order valence-electron chi connectivity index (χ0n) is 24.1. The van der Waals surface area contributed by atoms with Gasteiger partial charge in [0.25, 0.3) is 0 Å². The quantitative estimate of drug-likeness (QED) is 0.249. The molecule has 1 aromatic carbocycles. The lowest BCUT2D eigenvalue weighted by Gasteiger charge is -2.39. The van der Waals surface area contributed by atoms with E-state index in [1.807, 2.05) is 24.0 Å². The van der Waals surface area contributed by atoms with E-state index in [4.69, 9.17) is 10.1 Å². The van der Waals surface area contributed by atoms with E-state index in [-0.39, 0.29) is 34.2 Å². The molecule has 0 amide bonds. The molecule has 0 radical (unpaired) electrons. The van der Waals surface area contributed by atoms with Crippen LogP contribution < -0.4 is 10.2 Å². The third-order valence-corrected chi connectivity index (χ3v) is 7.14. The van der Waals surface area contributed by atoms with Crippen molar-refractivity contribution in [2.75, 3.05) is 20.2 Å². The summed E-state index contributed by atoms with van der Waals surface area (Å²) in [6.07, 6.45) is 8.11. The summed E-state index contributed by atoms with van der Waals surface area (Å²) in [5.41, 5.74) is 4.42. The van der Waals surface area contributed by atoms with Crippen LogP contribution in [0.3, 0.4) is 0 Å². The van der Waals surface area contributed by atoms with E-state index in [2.05, 4.69) is 50.2 Å². The second-order valence-corrected chi connectivity index (χ2v) is 11.0. The van der Waals surface area contributed by atoms with Crippen LogP contribution in [0.15, 0.2) is 40.3 Å². The smallest absolute Gasteiger partial charge is 0.217 e. The summed E-state index contributed by atoms with van der Waals surface area (Å²) in [7, 11) is 1.63. The fraction of sp³-hybridized carbons (Fsp3) is 0.484. The number of carbonyl (C=O) groups is 1. The molecule has 1 atom stereocenters.